The average molecular weight is 408 g/mol. The monoisotopic (exact) mass is 407 g/mol. The van der Waals surface area contributed by atoms with E-state index in [9.17, 15) is 4.79 Å². The van der Waals surface area contributed by atoms with E-state index in [-0.39, 0.29) is 5.91 Å². The Labute approximate surface area is 177 Å². The van der Waals surface area contributed by atoms with E-state index in [0.717, 1.165) is 54.5 Å². The van der Waals surface area contributed by atoms with Gasteiger partial charge in [0.1, 0.15) is 5.75 Å². The number of piperidine rings is 1. The fourth-order valence-corrected chi connectivity index (χ4v) is 4.57. The van der Waals surface area contributed by atoms with Crippen molar-refractivity contribution in [2.75, 3.05) is 27.2 Å². The number of rotatable bonds is 3. The molecule has 1 aromatic carbocycles. The minimum absolute atomic E-state index is 0.0463. The summed E-state index contributed by atoms with van der Waals surface area (Å²) in [5.41, 5.74) is 3.47. The van der Waals surface area contributed by atoms with Crippen molar-refractivity contribution in [3.63, 3.8) is 0 Å². The third-order valence-corrected chi connectivity index (χ3v) is 6.71. The summed E-state index contributed by atoms with van der Waals surface area (Å²) in [4.78, 5) is 20.7. The van der Waals surface area contributed by atoms with Gasteiger partial charge < -0.3 is 14.4 Å². The van der Waals surface area contributed by atoms with Crippen molar-refractivity contribution in [1.29, 1.82) is 0 Å². The lowest BCUT2D eigenvalue weighted by atomic mass is 9.89. The van der Waals surface area contributed by atoms with Crippen molar-refractivity contribution in [2.45, 2.75) is 50.5 Å². The van der Waals surface area contributed by atoms with Gasteiger partial charge in [-0.1, -0.05) is 6.42 Å². The molecule has 6 heteroatoms. The van der Waals surface area contributed by atoms with Gasteiger partial charge in [-0.05, 0) is 43.2 Å². The fourth-order valence-electron chi connectivity index (χ4n) is 4.57. The lowest BCUT2D eigenvalue weighted by molar-refractivity contribution is -0.231. The summed E-state index contributed by atoms with van der Waals surface area (Å²) in [6.45, 7) is 2.67. The Hall–Kier alpha value is -2.44. The van der Waals surface area contributed by atoms with Crippen LogP contribution in [0.2, 0.25) is 0 Å². The van der Waals surface area contributed by atoms with Gasteiger partial charge in [0.25, 0.3) is 5.91 Å². The molecular formula is C24H29N3O3. The molecule has 1 saturated heterocycles. The topological polar surface area (TPSA) is 54.9 Å². The van der Waals surface area contributed by atoms with E-state index >= 15 is 0 Å². The van der Waals surface area contributed by atoms with Gasteiger partial charge >= 0.3 is 0 Å². The molecule has 0 atom stereocenters. The van der Waals surface area contributed by atoms with Crippen molar-refractivity contribution in [1.82, 2.24) is 14.8 Å². The second-order valence-corrected chi connectivity index (χ2v) is 8.88. The van der Waals surface area contributed by atoms with Crippen LogP contribution >= 0.6 is 0 Å². The Balaban J connectivity index is 1.28. The summed E-state index contributed by atoms with van der Waals surface area (Å²) < 4.78 is 12.6. The Morgan fingerprint density at radius 3 is 2.60 bits per heavy atom. The summed E-state index contributed by atoms with van der Waals surface area (Å²) in [6.07, 6.45) is 7.55. The van der Waals surface area contributed by atoms with Gasteiger partial charge in [-0.15, -0.1) is 0 Å². The first-order valence-electron chi connectivity index (χ1n) is 10.9. The normalized spacial score (nSPS) is 20.9. The zero-order valence-electron chi connectivity index (χ0n) is 17.8. The van der Waals surface area contributed by atoms with Gasteiger partial charge in [-0.2, -0.15) is 0 Å². The number of likely N-dealkylation sites (tertiary alicyclic amines) is 1. The van der Waals surface area contributed by atoms with E-state index in [4.69, 9.17) is 9.47 Å². The van der Waals surface area contributed by atoms with Crippen molar-refractivity contribution >= 4 is 5.91 Å². The molecule has 1 aliphatic carbocycles. The first-order chi connectivity index (χ1) is 14.5. The van der Waals surface area contributed by atoms with Crippen molar-refractivity contribution in [3.8, 4) is 17.0 Å². The molecule has 0 radical (unpaired) electrons. The van der Waals surface area contributed by atoms with E-state index in [1.807, 2.05) is 24.3 Å². The largest absolute Gasteiger partial charge is 0.462 e. The predicted octanol–water partition coefficient (Wildman–Crippen LogP) is 3.70. The van der Waals surface area contributed by atoms with E-state index in [2.05, 4.69) is 16.0 Å². The molecule has 0 N–H and O–H groups in total. The molecule has 6 nitrogen and oxygen atoms in total. The second-order valence-electron chi connectivity index (χ2n) is 8.88. The third-order valence-electron chi connectivity index (χ3n) is 6.71. The zero-order chi connectivity index (χ0) is 20.7. The molecule has 30 heavy (non-hydrogen) atoms. The summed E-state index contributed by atoms with van der Waals surface area (Å²) in [7, 11) is 3.48. The predicted molar refractivity (Wildman–Crippen MR) is 114 cm³/mol. The first-order valence-corrected chi connectivity index (χ1v) is 10.9. The molecular weight excluding hydrogens is 378 g/mol. The molecule has 1 aromatic heterocycles. The van der Waals surface area contributed by atoms with Crippen LogP contribution in [0.1, 0.15) is 48.0 Å². The number of benzene rings is 1. The smallest absolute Gasteiger partial charge is 0.254 e. The number of carbonyl (C=O) groups excluding carboxylic acids is 1. The summed E-state index contributed by atoms with van der Waals surface area (Å²) in [5.74, 6) is 0.401. The quantitative estimate of drug-likeness (QED) is 0.777. The van der Waals surface area contributed by atoms with Gasteiger partial charge in [0.15, 0.2) is 0 Å². The number of nitrogens with zero attached hydrogens (tertiary/aromatic N) is 3. The van der Waals surface area contributed by atoms with Crippen LogP contribution in [0.5, 0.6) is 5.75 Å². The van der Waals surface area contributed by atoms with Crippen LogP contribution in [0.4, 0.5) is 0 Å². The minimum Gasteiger partial charge on any atom is -0.462 e. The Bertz CT molecular complexity index is 929. The molecule has 0 unspecified atom stereocenters. The number of ether oxygens (including phenoxy) is 2. The molecule has 158 valence electrons. The SMILES string of the molecule is CN(C)C(=O)c1ccc(-c2ccc3c(c2)COC2(CCN(C4CCC4)CC2)O3)nc1. The van der Waals surface area contributed by atoms with Crippen molar-refractivity contribution in [2.24, 2.45) is 0 Å². The Morgan fingerprint density at radius 1 is 1.17 bits per heavy atom. The van der Waals surface area contributed by atoms with Gasteiger partial charge in [-0.3, -0.25) is 14.7 Å². The van der Waals surface area contributed by atoms with Crippen LogP contribution in [0.15, 0.2) is 36.5 Å². The van der Waals surface area contributed by atoms with Crippen LogP contribution in [0.25, 0.3) is 11.3 Å². The third kappa shape index (κ3) is 3.59. The molecule has 2 fully saturated rings. The minimum atomic E-state index is -0.471. The molecule has 1 spiro atoms. The maximum absolute atomic E-state index is 12.1. The standard InChI is InChI=1S/C24H29N3O3/c1-26(2)23(28)18-6-8-21(25-15-18)17-7-9-22-19(14-17)16-29-24(30-22)10-12-27(13-11-24)20-4-3-5-20/h6-9,14-15,20H,3-5,10-13,16H2,1-2H3. The number of hydrogen-bond acceptors (Lipinski definition) is 5. The van der Waals surface area contributed by atoms with E-state index in [0.29, 0.717) is 12.2 Å². The highest BCUT2D eigenvalue weighted by Crippen LogP contribution is 2.40. The number of aromatic nitrogens is 1. The van der Waals surface area contributed by atoms with Crippen LogP contribution < -0.4 is 4.74 Å². The number of fused-ring (bicyclic) bond motifs is 1. The molecule has 3 aliphatic rings. The highest BCUT2D eigenvalue weighted by molar-refractivity contribution is 5.93. The van der Waals surface area contributed by atoms with Crippen LogP contribution in [-0.2, 0) is 11.3 Å². The van der Waals surface area contributed by atoms with E-state index in [1.165, 1.54) is 19.3 Å². The Kier molecular flexibility index (Phi) is 4.99. The Morgan fingerprint density at radius 2 is 1.97 bits per heavy atom. The zero-order valence-corrected chi connectivity index (χ0v) is 17.8. The van der Waals surface area contributed by atoms with Gasteiger partial charge in [0.05, 0.1) is 17.9 Å². The highest BCUT2D eigenvalue weighted by atomic mass is 16.7. The summed E-state index contributed by atoms with van der Waals surface area (Å²) >= 11 is 0. The van der Waals surface area contributed by atoms with Gasteiger partial charge in [-0.25, -0.2) is 0 Å². The van der Waals surface area contributed by atoms with Gasteiger partial charge in [0, 0.05) is 63.4 Å². The first kappa shape index (κ1) is 19.5. The second kappa shape index (κ2) is 7.67. The van der Waals surface area contributed by atoms with Gasteiger partial charge in [0.2, 0.25) is 5.79 Å². The number of carbonyl (C=O) groups is 1. The maximum atomic E-state index is 12.1. The number of amides is 1. The van der Waals surface area contributed by atoms with Crippen LogP contribution in [0.3, 0.4) is 0 Å². The number of hydrogen-bond donors (Lipinski definition) is 0. The lowest BCUT2D eigenvalue weighted by Crippen LogP contribution is -2.54. The molecule has 5 rings (SSSR count). The molecule has 3 heterocycles. The molecule has 1 saturated carbocycles. The van der Waals surface area contributed by atoms with Crippen molar-refractivity contribution < 1.29 is 14.3 Å². The van der Waals surface area contributed by atoms with E-state index < -0.39 is 5.79 Å². The molecule has 0 bridgehead atoms. The fraction of sp³-hybridized carbons (Fsp3) is 0.500. The highest BCUT2D eigenvalue weighted by Gasteiger charge is 2.42. The molecule has 1 amide bonds. The summed E-state index contributed by atoms with van der Waals surface area (Å²) in [5, 5.41) is 0. The molecule has 2 aliphatic heterocycles. The van der Waals surface area contributed by atoms with Crippen molar-refractivity contribution in [3.05, 3.63) is 47.7 Å². The van der Waals surface area contributed by atoms with Crippen LogP contribution in [0, 0.1) is 0 Å². The van der Waals surface area contributed by atoms with Crippen LogP contribution in [-0.4, -0.2) is 59.7 Å². The maximum Gasteiger partial charge on any atom is 0.254 e. The molecule has 2 aromatic rings. The van der Waals surface area contributed by atoms with E-state index in [1.54, 1.807) is 25.2 Å². The average Bonchev–Trinajstić information content (AvgIpc) is 2.73. The summed E-state index contributed by atoms with van der Waals surface area (Å²) in [6, 6.07) is 10.7. The lowest BCUT2D eigenvalue weighted by Gasteiger charge is -2.47. The number of pyridine rings is 1.